The molecule has 2 nitrogen and oxygen atoms in total. The van der Waals surface area contributed by atoms with Crippen molar-refractivity contribution >= 4 is 5.97 Å². The summed E-state index contributed by atoms with van der Waals surface area (Å²) in [6.07, 6.45) is 10.8. The van der Waals surface area contributed by atoms with Gasteiger partial charge in [0.2, 0.25) is 0 Å². The van der Waals surface area contributed by atoms with Crippen LogP contribution in [0.3, 0.4) is 0 Å². The third-order valence-corrected chi connectivity index (χ3v) is 3.46. The Kier molecular flexibility index (Phi) is 5.43. The molecule has 1 rings (SSSR count). The van der Waals surface area contributed by atoms with E-state index in [0.717, 1.165) is 25.7 Å². The summed E-state index contributed by atoms with van der Waals surface area (Å²) in [7, 11) is 0. The van der Waals surface area contributed by atoms with Crippen LogP contribution in [0, 0.1) is 10.8 Å². The van der Waals surface area contributed by atoms with E-state index < -0.39 is 5.41 Å². The summed E-state index contributed by atoms with van der Waals surface area (Å²) < 4.78 is 5.34. The molecule has 1 unspecified atom stereocenters. The van der Waals surface area contributed by atoms with E-state index in [-0.39, 0.29) is 11.4 Å². The maximum Gasteiger partial charge on any atom is 0.315 e. The molecule has 0 aromatic heterocycles. The fourth-order valence-corrected chi connectivity index (χ4v) is 2.88. The fraction of sp³-hybridized carbons (Fsp3) is 0.812. The Hall–Kier alpha value is -0.790. The summed E-state index contributed by atoms with van der Waals surface area (Å²) in [4.78, 5) is 12.4. The van der Waals surface area contributed by atoms with Crippen LogP contribution >= 0.6 is 0 Å². The molecule has 1 aliphatic rings. The minimum absolute atomic E-state index is 0.0296. The smallest absolute Gasteiger partial charge is 0.315 e. The Morgan fingerprint density at radius 3 is 2.61 bits per heavy atom. The summed E-state index contributed by atoms with van der Waals surface area (Å²) >= 11 is 0. The average molecular weight is 252 g/mol. The second-order valence-electron chi connectivity index (χ2n) is 6.62. The van der Waals surface area contributed by atoms with Gasteiger partial charge >= 0.3 is 5.97 Å². The van der Waals surface area contributed by atoms with Crippen molar-refractivity contribution in [3.63, 3.8) is 0 Å². The van der Waals surface area contributed by atoms with Gasteiger partial charge in [-0.25, -0.2) is 0 Å². The van der Waals surface area contributed by atoms with Gasteiger partial charge in [0.05, 0.1) is 12.0 Å². The first-order valence-corrected chi connectivity index (χ1v) is 7.24. The quantitative estimate of drug-likeness (QED) is 0.546. The zero-order chi connectivity index (χ0) is 13.6. The minimum Gasteiger partial charge on any atom is -0.465 e. The molecule has 0 amide bonds. The molecule has 2 heteroatoms. The second-order valence-corrected chi connectivity index (χ2v) is 6.62. The SMILES string of the molecule is CCOC(=O)C1(CC(C)(C)C)/C=C/CCCCC1. The lowest BCUT2D eigenvalue weighted by atomic mass is 9.70. The number of esters is 1. The number of carbonyl (C=O) groups excluding carboxylic acids is 1. The third kappa shape index (κ3) is 4.47. The Balaban J connectivity index is 2.97. The molecule has 0 fully saturated rings. The van der Waals surface area contributed by atoms with E-state index in [4.69, 9.17) is 4.74 Å². The Bertz CT molecular complexity index is 299. The molecule has 0 aromatic rings. The van der Waals surface area contributed by atoms with Crippen LogP contribution in [-0.4, -0.2) is 12.6 Å². The fourth-order valence-electron chi connectivity index (χ4n) is 2.88. The van der Waals surface area contributed by atoms with Crippen molar-refractivity contribution in [1.82, 2.24) is 0 Å². The van der Waals surface area contributed by atoms with Crippen LogP contribution in [-0.2, 0) is 9.53 Å². The summed E-state index contributed by atoms with van der Waals surface area (Å²) in [5.74, 6) is -0.0296. The molecule has 0 saturated heterocycles. The predicted molar refractivity (Wildman–Crippen MR) is 75.4 cm³/mol. The van der Waals surface area contributed by atoms with Crippen molar-refractivity contribution < 1.29 is 9.53 Å². The van der Waals surface area contributed by atoms with Crippen LogP contribution in [0.4, 0.5) is 0 Å². The van der Waals surface area contributed by atoms with Gasteiger partial charge < -0.3 is 4.74 Å². The first-order valence-electron chi connectivity index (χ1n) is 7.24. The molecule has 0 N–H and O–H groups in total. The monoisotopic (exact) mass is 252 g/mol. The first-order chi connectivity index (χ1) is 8.40. The zero-order valence-corrected chi connectivity index (χ0v) is 12.4. The highest BCUT2D eigenvalue weighted by atomic mass is 16.5. The molecular weight excluding hydrogens is 224 g/mol. The number of carbonyl (C=O) groups is 1. The molecule has 0 spiro atoms. The van der Waals surface area contributed by atoms with Crippen molar-refractivity contribution in [3.05, 3.63) is 12.2 Å². The van der Waals surface area contributed by atoms with Crippen LogP contribution < -0.4 is 0 Å². The van der Waals surface area contributed by atoms with Crippen LogP contribution in [0.2, 0.25) is 0 Å². The normalized spacial score (nSPS) is 27.1. The standard InChI is InChI=1S/C16H28O2/c1-5-18-14(17)16(13-15(2,3)4)11-9-7-6-8-10-12-16/h9,11H,5-8,10,12-13H2,1-4H3/b11-9+. The first kappa shape index (κ1) is 15.3. The molecule has 0 aliphatic heterocycles. The van der Waals surface area contributed by atoms with E-state index >= 15 is 0 Å². The predicted octanol–water partition coefficient (Wildman–Crippen LogP) is 4.49. The van der Waals surface area contributed by atoms with Crippen molar-refractivity contribution in [2.24, 2.45) is 10.8 Å². The molecule has 1 aliphatic carbocycles. The van der Waals surface area contributed by atoms with Gasteiger partial charge in [-0.2, -0.15) is 0 Å². The number of ether oxygens (including phenoxy) is 1. The average Bonchev–Trinajstić information content (AvgIpc) is 2.21. The number of hydrogen-bond donors (Lipinski definition) is 0. The largest absolute Gasteiger partial charge is 0.465 e. The van der Waals surface area contributed by atoms with Gasteiger partial charge in [0.1, 0.15) is 0 Å². The lowest BCUT2D eigenvalue weighted by Crippen LogP contribution is -2.35. The van der Waals surface area contributed by atoms with E-state index in [9.17, 15) is 4.79 Å². The molecule has 0 radical (unpaired) electrons. The lowest BCUT2D eigenvalue weighted by molar-refractivity contribution is -0.154. The number of rotatable bonds is 3. The van der Waals surface area contributed by atoms with Gasteiger partial charge in [0.25, 0.3) is 0 Å². The maximum absolute atomic E-state index is 12.4. The van der Waals surface area contributed by atoms with Crippen LogP contribution in [0.25, 0.3) is 0 Å². The topological polar surface area (TPSA) is 26.3 Å². The van der Waals surface area contributed by atoms with Gasteiger partial charge in [-0.05, 0) is 38.0 Å². The molecule has 1 atom stereocenters. The summed E-state index contributed by atoms with van der Waals surface area (Å²) in [5.41, 5.74) is -0.259. The Morgan fingerprint density at radius 2 is 2.00 bits per heavy atom. The van der Waals surface area contributed by atoms with Crippen LogP contribution in [0.1, 0.15) is 66.2 Å². The minimum atomic E-state index is -0.394. The highest BCUT2D eigenvalue weighted by molar-refractivity contribution is 5.79. The highest BCUT2D eigenvalue weighted by Crippen LogP contribution is 2.41. The third-order valence-electron chi connectivity index (χ3n) is 3.46. The summed E-state index contributed by atoms with van der Waals surface area (Å²) in [5, 5.41) is 0. The lowest BCUT2D eigenvalue weighted by Gasteiger charge is -2.35. The molecule has 104 valence electrons. The van der Waals surface area contributed by atoms with Crippen molar-refractivity contribution in [1.29, 1.82) is 0 Å². The van der Waals surface area contributed by atoms with E-state index in [1.54, 1.807) is 0 Å². The molecule has 0 aromatic carbocycles. The van der Waals surface area contributed by atoms with Gasteiger partial charge in [0, 0.05) is 0 Å². The van der Waals surface area contributed by atoms with E-state index in [2.05, 4.69) is 32.9 Å². The van der Waals surface area contributed by atoms with E-state index in [0.29, 0.717) is 6.61 Å². The van der Waals surface area contributed by atoms with Crippen molar-refractivity contribution in [3.8, 4) is 0 Å². The number of allylic oxidation sites excluding steroid dienone is 1. The maximum atomic E-state index is 12.4. The molecule has 0 bridgehead atoms. The molecule has 0 heterocycles. The number of hydrogen-bond acceptors (Lipinski definition) is 2. The van der Waals surface area contributed by atoms with E-state index in [1.807, 2.05) is 6.92 Å². The van der Waals surface area contributed by atoms with Gasteiger partial charge in [-0.1, -0.05) is 45.8 Å². The van der Waals surface area contributed by atoms with Gasteiger partial charge in [0.15, 0.2) is 0 Å². The highest BCUT2D eigenvalue weighted by Gasteiger charge is 2.40. The van der Waals surface area contributed by atoms with Gasteiger partial charge in [-0.3, -0.25) is 4.79 Å². The molecule has 18 heavy (non-hydrogen) atoms. The molecular formula is C16H28O2. The van der Waals surface area contributed by atoms with Crippen LogP contribution in [0.15, 0.2) is 12.2 Å². The zero-order valence-electron chi connectivity index (χ0n) is 12.4. The van der Waals surface area contributed by atoms with Crippen molar-refractivity contribution in [2.45, 2.75) is 66.2 Å². The second kappa shape index (κ2) is 6.40. The summed E-state index contributed by atoms with van der Waals surface area (Å²) in [6.45, 7) is 8.94. The van der Waals surface area contributed by atoms with Gasteiger partial charge in [-0.15, -0.1) is 0 Å². The van der Waals surface area contributed by atoms with Crippen LogP contribution in [0.5, 0.6) is 0 Å². The molecule has 0 saturated carbocycles. The summed E-state index contributed by atoms with van der Waals surface area (Å²) in [6, 6.07) is 0. The Labute approximate surface area is 112 Å². The van der Waals surface area contributed by atoms with E-state index in [1.165, 1.54) is 12.8 Å². The van der Waals surface area contributed by atoms with Crippen molar-refractivity contribution in [2.75, 3.05) is 6.61 Å². The Morgan fingerprint density at radius 1 is 1.28 bits per heavy atom.